The second-order valence-corrected chi connectivity index (χ2v) is 5.86. The molecule has 1 aliphatic rings. The number of methoxy groups -OCH3 is 1. The summed E-state index contributed by atoms with van der Waals surface area (Å²) in [5.74, 6) is 0.590. The number of carbonyl (C=O) groups is 1. The van der Waals surface area contributed by atoms with Gasteiger partial charge in [-0.3, -0.25) is 4.79 Å². The SMILES string of the molecule is COc1ccccc1N1CCN(C(=O)c2cccc(OC(F)F)c2)CC1. The van der Waals surface area contributed by atoms with Gasteiger partial charge in [-0.15, -0.1) is 0 Å². The smallest absolute Gasteiger partial charge is 0.387 e. The number of alkyl halides is 2. The average Bonchev–Trinajstić information content (AvgIpc) is 2.67. The lowest BCUT2D eigenvalue weighted by molar-refractivity contribution is -0.0499. The molecule has 26 heavy (non-hydrogen) atoms. The number of para-hydroxylation sites is 2. The maximum Gasteiger partial charge on any atom is 0.387 e. The second-order valence-electron chi connectivity index (χ2n) is 5.86. The van der Waals surface area contributed by atoms with E-state index in [0.29, 0.717) is 31.7 Å². The zero-order chi connectivity index (χ0) is 18.5. The van der Waals surface area contributed by atoms with Gasteiger partial charge in [-0.1, -0.05) is 18.2 Å². The van der Waals surface area contributed by atoms with Crippen LogP contribution in [0.2, 0.25) is 0 Å². The van der Waals surface area contributed by atoms with E-state index in [2.05, 4.69) is 9.64 Å². The van der Waals surface area contributed by atoms with Crippen molar-refractivity contribution in [2.45, 2.75) is 6.61 Å². The maximum absolute atomic E-state index is 12.6. The third kappa shape index (κ3) is 4.04. The zero-order valence-electron chi connectivity index (χ0n) is 14.4. The summed E-state index contributed by atoms with van der Waals surface area (Å²) >= 11 is 0. The molecule has 0 aliphatic carbocycles. The van der Waals surface area contributed by atoms with Crippen molar-refractivity contribution in [1.82, 2.24) is 4.90 Å². The molecule has 0 saturated carbocycles. The number of amides is 1. The average molecular weight is 362 g/mol. The molecule has 7 heteroatoms. The number of nitrogens with zero attached hydrogens (tertiary/aromatic N) is 2. The van der Waals surface area contributed by atoms with Crippen molar-refractivity contribution >= 4 is 11.6 Å². The van der Waals surface area contributed by atoms with Crippen LogP contribution < -0.4 is 14.4 Å². The van der Waals surface area contributed by atoms with Crippen molar-refractivity contribution in [3.8, 4) is 11.5 Å². The number of rotatable bonds is 5. The molecule has 138 valence electrons. The van der Waals surface area contributed by atoms with Crippen molar-refractivity contribution in [3.63, 3.8) is 0 Å². The quantitative estimate of drug-likeness (QED) is 0.819. The standard InChI is InChI=1S/C19H20F2N2O3/c1-25-17-8-3-2-7-16(17)22-9-11-23(12-10-22)18(24)14-5-4-6-15(13-14)26-19(20)21/h2-8,13,19H,9-12H2,1H3. The first-order chi connectivity index (χ1) is 12.6. The molecule has 1 aliphatic heterocycles. The highest BCUT2D eigenvalue weighted by Crippen LogP contribution is 2.28. The zero-order valence-corrected chi connectivity index (χ0v) is 14.4. The maximum atomic E-state index is 12.6. The molecule has 1 fully saturated rings. The fourth-order valence-corrected chi connectivity index (χ4v) is 3.03. The van der Waals surface area contributed by atoms with Crippen LogP contribution in [0.4, 0.5) is 14.5 Å². The van der Waals surface area contributed by atoms with Gasteiger partial charge in [0.1, 0.15) is 11.5 Å². The van der Waals surface area contributed by atoms with Crippen LogP contribution in [-0.4, -0.2) is 50.7 Å². The Balaban J connectivity index is 1.65. The van der Waals surface area contributed by atoms with Crippen LogP contribution >= 0.6 is 0 Å². The van der Waals surface area contributed by atoms with Gasteiger partial charge in [0, 0.05) is 31.7 Å². The summed E-state index contributed by atoms with van der Waals surface area (Å²) in [5, 5.41) is 0. The monoisotopic (exact) mass is 362 g/mol. The molecule has 0 spiro atoms. The van der Waals surface area contributed by atoms with Crippen LogP contribution in [0.5, 0.6) is 11.5 Å². The number of benzene rings is 2. The Morgan fingerprint density at radius 1 is 1.04 bits per heavy atom. The van der Waals surface area contributed by atoms with Crippen molar-refractivity contribution in [2.24, 2.45) is 0 Å². The van der Waals surface area contributed by atoms with Crippen LogP contribution in [0.3, 0.4) is 0 Å². The van der Waals surface area contributed by atoms with Crippen molar-refractivity contribution in [1.29, 1.82) is 0 Å². The Morgan fingerprint density at radius 3 is 2.46 bits per heavy atom. The van der Waals surface area contributed by atoms with Gasteiger partial charge < -0.3 is 19.3 Å². The molecule has 0 unspecified atom stereocenters. The molecule has 2 aromatic carbocycles. The largest absolute Gasteiger partial charge is 0.495 e. The first kappa shape index (κ1) is 18.0. The first-order valence-electron chi connectivity index (χ1n) is 8.30. The van der Waals surface area contributed by atoms with Crippen LogP contribution in [0.15, 0.2) is 48.5 Å². The minimum absolute atomic E-state index is 0.0153. The number of ether oxygens (including phenoxy) is 2. The highest BCUT2D eigenvalue weighted by atomic mass is 19.3. The van der Waals surface area contributed by atoms with Crippen molar-refractivity contribution in [2.75, 3.05) is 38.2 Å². The number of hydrogen-bond acceptors (Lipinski definition) is 4. The van der Waals surface area contributed by atoms with Crippen LogP contribution in [0.25, 0.3) is 0 Å². The lowest BCUT2D eigenvalue weighted by atomic mass is 10.1. The Hall–Kier alpha value is -2.83. The van der Waals surface area contributed by atoms with E-state index < -0.39 is 6.61 Å². The predicted octanol–water partition coefficient (Wildman–Crippen LogP) is 3.26. The lowest BCUT2D eigenvalue weighted by Gasteiger charge is -2.36. The summed E-state index contributed by atoms with van der Waals surface area (Å²) in [5.41, 5.74) is 1.34. The molecule has 0 bridgehead atoms. The van der Waals surface area contributed by atoms with Gasteiger partial charge in [-0.2, -0.15) is 8.78 Å². The van der Waals surface area contributed by atoms with E-state index in [1.54, 1.807) is 18.1 Å². The summed E-state index contributed by atoms with van der Waals surface area (Å²) in [7, 11) is 1.63. The molecule has 3 rings (SSSR count). The van der Waals surface area contributed by atoms with E-state index in [-0.39, 0.29) is 11.7 Å². The molecule has 0 atom stereocenters. The normalized spacial score (nSPS) is 14.5. The Bertz CT molecular complexity index is 762. The Kier molecular flexibility index (Phi) is 5.55. The van der Waals surface area contributed by atoms with E-state index in [0.717, 1.165) is 11.4 Å². The minimum Gasteiger partial charge on any atom is -0.495 e. The summed E-state index contributed by atoms with van der Waals surface area (Å²) in [6, 6.07) is 13.6. The van der Waals surface area contributed by atoms with E-state index in [1.165, 1.54) is 18.2 Å². The van der Waals surface area contributed by atoms with Crippen LogP contribution in [-0.2, 0) is 0 Å². The lowest BCUT2D eigenvalue weighted by Crippen LogP contribution is -2.48. The Morgan fingerprint density at radius 2 is 1.77 bits per heavy atom. The Labute approximate surface area is 150 Å². The number of piperazine rings is 1. The molecular formula is C19H20F2N2O3. The van der Waals surface area contributed by atoms with Crippen LogP contribution in [0.1, 0.15) is 10.4 Å². The molecule has 0 radical (unpaired) electrons. The molecule has 0 aromatic heterocycles. The highest BCUT2D eigenvalue weighted by Gasteiger charge is 2.24. The molecule has 5 nitrogen and oxygen atoms in total. The van der Waals surface area contributed by atoms with Crippen molar-refractivity contribution < 1.29 is 23.0 Å². The highest BCUT2D eigenvalue weighted by molar-refractivity contribution is 5.94. The fraction of sp³-hybridized carbons (Fsp3) is 0.316. The fourth-order valence-electron chi connectivity index (χ4n) is 3.03. The van der Waals surface area contributed by atoms with Gasteiger partial charge >= 0.3 is 6.61 Å². The molecule has 1 amide bonds. The van der Waals surface area contributed by atoms with E-state index in [1.807, 2.05) is 24.3 Å². The summed E-state index contributed by atoms with van der Waals surface area (Å²) in [4.78, 5) is 16.5. The van der Waals surface area contributed by atoms with E-state index in [9.17, 15) is 13.6 Å². The topological polar surface area (TPSA) is 42.0 Å². The number of carbonyl (C=O) groups excluding carboxylic acids is 1. The number of anilines is 1. The molecule has 1 heterocycles. The third-order valence-corrected chi connectivity index (χ3v) is 4.30. The molecule has 0 N–H and O–H groups in total. The van der Waals surface area contributed by atoms with Gasteiger partial charge in [0.05, 0.1) is 12.8 Å². The summed E-state index contributed by atoms with van der Waals surface area (Å²) in [6.07, 6.45) is 0. The van der Waals surface area contributed by atoms with Gasteiger partial charge in [0.15, 0.2) is 0 Å². The number of hydrogen-bond donors (Lipinski definition) is 0. The van der Waals surface area contributed by atoms with Gasteiger partial charge in [-0.05, 0) is 30.3 Å². The first-order valence-corrected chi connectivity index (χ1v) is 8.30. The predicted molar refractivity (Wildman–Crippen MR) is 94.2 cm³/mol. The van der Waals surface area contributed by atoms with Crippen molar-refractivity contribution in [3.05, 3.63) is 54.1 Å². The van der Waals surface area contributed by atoms with Gasteiger partial charge in [0.2, 0.25) is 0 Å². The summed E-state index contributed by atoms with van der Waals surface area (Å²) < 4.78 is 34.4. The van der Waals surface area contributed by atoms with E-state index >= 15 is 0 Å². The van der Waals surface area contributed by atoms with E-state index in [4.69, 9.17) is 4.74 Å². The molecule has 1 saturated heterocycles. The van der Waals surface area contributed by atoms with Gasteiger partial charge in [-0.25, -0.2) is 0 Å². The number of halogens is 2. The van der Waals surface area contributed by atoms with Gasteiger partial charge in [0.25, 0.3) is 5.91 Å². The van der Waals surface area contributed by atoms with Crippen LogP contribution in [0, 0.1) is 0 Å². The molecular weight excluding hydrogens is 342 g/mol. The third-order valence-electron chi connectivity index (χ3n) is 4.30. The molecule has 2 aromatic rings. The second kappa shape index (κ2) is 8.03. The summed E-state index contributed by atoms with van der Waals surface area (Å²) in [6.45, 7) is -0.503. The minimum atomic E-state index is -2.91.